The smallest absolute Gasteiger partial charge is 0.101 e. The lowest BCUT2D eigenvalue weighted by molar-refractivity contribution is 0.718. The summed E-state index contributed by atoms with van der Waals surface area (Å²) in [6, 6.07) is 25.9. The lowest BCUT2D eigenvalue weighted by atomic mass is 9.73. The predicted molar refractivity (Wildman–Crippen MR) is 92.4 cm³/mol. The van der Waals surface area contributed by atoms with Crippen molar-refractivity contribution < 1.29 is 0 Å². The summed E-state index contributed by atoms with van der Waals surface area (Å²) >= 11 is 0. The summed E-state index contributed by atoms with van der Waals surface area (Å²) in [6.07, 6.45) is 4.01. The number of aromatic nitrogens is 2. The summed E-state index contributed by atoms with van der Waals surface area (Å²) in [4.78, 5) is 6.94. The van der Waals surface area contributed by atoms with Gasteiger partial charge >= 0.3 is 0 Å². The molecule has 1 aliphatic carbocycles. The Hall–Kier alpha value is -3.00. The van der Waals surface area contributed by atoms with Gasteiger partial charge in [-0.1, -0.05) is 48.5 Å². The summed E-state index contributed by atoms with van der Waals surface area (Å²) < 4.78 is 0. The predicted octanol–water partition coefficient (Wildman–Crippen LogP) is 4.71. The second-order valence-electron chi connectivity index (χ2n) is 6.01. The molecule has 2 heteroatoms. The molecule has 5 rings (SSSR count). The number of aromatic amines is 2. The van der Waals surface area contributed by atoms with Crippen LogP contribution < -0.4 is 0 Å². The van der Waals surface area contributed by atoms with Gasteiger partial charge in [-0.05, 0) is 46.5 Å². The van der Waals surface area contributed by atoms with Gasteiger partial charge in [-0.2, -0.15) is 0 Å². The number of benzene rings is 2. The molecule has 2 aromatic heterocycles. The SMILES string of the molecule is c1c[nH]c(C2(c3ccc[nH]3)c3ccccc3-c3ccccc32)c1. The van der Waals surface area contributed by atoms with Crippen LogP contribution in [0.25, 0.3) is 11.1 Å². The molecule has 0 saturated carbocycles. The van der Waals surface area contributed by atoms with Gasteiger partial charge in [-0.3, -0.25) is 0 Å². The Labute approximate surface area is 134 Å². The average Bonchev–Trinajstić information content (AvgIpc) is 3.34. The van der Waals surface area contributed by atoms with E-state index in [-0.39, 0.29) is 5.41 Å². The lowest BCUT2D eigenvalue weighted by Crippen LogP contribution is -2.29. The first kappa shape index (κ1) is 12.5. The zero-order valence-electron chi connectivity index (χ0n) is 12.6. The van der Waals surface area contributed by atoms with Gasteiger partial charge in [0.05, 0.1) is 0 Å². The van der Waals surface area contributed by atoms with E-state index in [0.717, 1.165) is 0 Å². The maximum atomic E-state index is 3.47. The summed E-state index contributed by atoms with van der Waals surface area (Å²) in [5.74, 6) is 0. The van der Waals surface area contributed by atoms with Gasteiger partial charge in [0.15, 0.2) is 0 Å². The molecule has 0 spiro atoms. The first-order valence-corrected chi connectivity index (χ1v) is 7.89. The molecule has 2 aromatic carbocycles. The minimum atomic E-state index is -0.305. The molecule has 0 aliphatic heterocycles. The van der Waals surface area contributed by atoms with Crippen LogP contribution in [-0.2, 0) is 5.41 Å². The first-order valence-electron chi connectivity index (χ1n) is 7.89. The third-order valence-corrected chi connectivity index (χ3v) is 4.96. The van der Waals surface area contributed by atoms with Crippen molar-refractivity contribution in [2.24, 2.45) is 0 Å². The van der Waals surface area contributed by atoms with Crippen molar-refractivity contribution in [2.75, 3.05) is 0 Å². The van der Waals surface area contributed by atoms with Crippen molar-refractivity contribution in [3.05, 3.63) is 108 Å². The van der Waals surface area contributed by atoms with Crippen molar-refractivity contribution >= 4 is 0 Å². The molecule has 110 valence electrons. The van der Waals surface area contributed by atoms with E-state index in [1.807, 2.05) is 12.4 Å². The summed E-state index contributed by atoms with van der Waals surface area (Å²) in [5, 5.41) is 0. The highest BCUT2D eigenvalue weighted by Crippen LogP contribution is 2.54. The largest absolute Gasteiger partial charge is 0.364 e. The van der Waals surface area contributed by atoms with Crippen LogP contribution in [0.15, 0.2) is 85.2 Å². The van der Waals surface area contributed by atoms with E-state index >= 15 is 0 Å². The molecule has 4 aromatic rings. The van der Waals surface area contributed by atoms with Crippen LogP contribution in [0.1, 0.15) is 22.5 Å². The Morgan fingerprint density at radius 3 is 1.43 bits per heavy atom. The Balaban J connectivity index is 1.99. The van der Waals surface area contributed by atoms with Crippen LogP contribution in [0.2, 0.25) is 0 Å². The van der Waals surface area contributed by atoms with Gasteiger partial charge < -0.3 is 9.97 Å². The minimum Gasteiger partial charge on any atom is -0.364 e. The van der Waals surface area contributed by atoms with Crippen molar-refractivity contribution in [1.82, 2.24) is 9.97 Å². The molecule has 2 heterocycles. The van der Waals surface area contributed by atoms with Gasteiger partial charge in [-0.25, -0.2) is 0 Å². The average molecular weight is 296 g/mol. The molecule has 2 N–H and O–H groups in total. The van der Waals surface area contributed by atoms with Crippen LogP contribution >= 0.6 is 0 Å². The number of rotatable bonds is 2. The molecule has 0 atom stereocenters. The molecule has 23 heavy (non-hydrogen) atoms. The topological polar surface area (TPSA) is 31.6 Å². The number of hydrogen-bond donors (Lipinski definition) is 2. The molecule has 1 aliphatic rings. The van der Waals surface area contributed by atoms with Crippen LogP contribution in [0, 0.1) is 0 Å². The maximum absolute atomic E-state index is 3.47. The van der Waals surface area contributed by atoms with Gasteiger partial charge in [0.1, 0.15) is 5.41 Å². The second-order valence-corrected chi connectivity index (χ2v) is 6.01. The number of hydrogen-bond acceptors (Lipinski definition) is 0. The minimum absolute atomic E-state index is 0.305. The maximum Gasteiger partial charge on any atom is 0.101 e. The standard InChI is InChI=1S/C21H16N2/c1-3-9-17-15(7-1)16-8-2-4-10-18(16)21(17,19-11-5-13-22-19)20-12-6-14-23-20/h1-14,22-23H. The summed E-state index contributed by atoms with van der Waals surface area (Å²) in [5.41, 5.74) is 7.35. The Morgan fingerprint density at radius 2 is 1.00 bits per heavy atom. The first-order chi connectivity index (χ1) is 11.4. The van der Waals surface area contributed by atoms with E-state index in [4.69, 9.17) is 0 Å². The molecule has 0 radical (unpaired) electrons. The van der Waals surface area contributed by atoms with E-state index in [1.54, 1.807) is 0 Å². The molecular formula is C21H16N2. The lowest BCUT2D eigenvalue weighted by Gasteiger charge is -2.30. The van der Waals surface area contributed by atoms with Gasteiger partial charge in [0, 0.05) is 23.8 Å². The molecular weight excluding hydrogens is 280 g/mol. The Bertz CT molecular complexity index is 881. The molecule has 0 saturated heterocycles. The monoisotopic (exact) mass is 296 g/mol. The summed E-state index contributed by atoms with van der Waals surface area (Å²) in [6.45, 7) is 0. The van der Waals surface area contributed by atoms with Crippen LogP contribution in [0.5, 0.6) is 0 Å². The number of H-pyrrole nitrogens is 2. The zero-order valence-corrected chi connectivity index (χ0v) is 12.6. The van der Waals surface area contributed by atoms with Crippen molar-refractivity contribution in [1.29, 1.82) is 0 Å². The molecule has 0 unspecified atom stereocenters. The Morgan fingerprint density at radius 1 is 0.522 bits per heavy atom. The van der Waals surface area contributed by atoms with Gasteiger partial charge in [-0.15, -0.1) is 0 Å². The zero-order chi connectivity index (χ0) is 15.3. The van der Waals surface area contributed by atoms with E-state index in [1.165, 1.54) is 33.6 Å². The fourth-order valence-electron chi connectivity index (χ4n) is 4.09. The van der Waals surface area contributed by atoms with Crippen molar-refractivity contribution in [2.45, 2.75) is 5.41 Å². The highest BCUT2D eigenvalue weighted by atomic mass is 14.8. The molecule has 0 bridgehead atoms. The van der Waals surface area contributed by atoms with E-state index < -0.39 is 0 Å². The summed E-state index contributed by atoms with van der Waals surface area (Å²) in [7, 11) is 0. The van der Waals surface area contributed by atoms with Crippen LogP contribution in [-0.4, -0.2) is 9.97 Å². The quantitative estimate of drug-likeness (QED) is 0.473. The fraction of sp³-hybridized carbons (Fsp3) is 0.0476. The van der Waals surface area contributed by atoms with Gasteiger partial charge in [0.2, 0.25) is 0 Å². The van der Waals surface area contributed by atoms with Crippen LogP contribution in [0.4, 0.5) is 0 Å². The van der Waals surface area contributed by atoms with E-state index in [9.17, 15) is 0 Å². The fourth-order valence-corrected chi connectivity index (χ4v) is 4.09. The second kappa shape index (κ2) is 4.50. The van der Waals surface area contributed by atoms with Crippen LogP contribution in [0.3, 0.4) is 0 Å². The Kier molecular flexibility index (Phi) is 2.45. The van der Waals surface area contributed by atoms with Crippen molar-refractivity contribution in [3.63, 3.8) is 0 Å². The van der Waals surface area contributed by atoms with E-state index in [0.29, 0.717) is 0 Å². The highest BCUT2D eigenvalue weighted by Gasteiger charge is 2.47. The molecule has 0 amide bonds. The number of fused-ring (bicyclic) bond motifs is 3. The van der Waals surface area contributed by atoms with E-state index in [2.05, 4.69) is 82.8 Å². The highest BCUT2D eigenvalue weighted by molar-refractivity contribution is 5.85. The third-order valence-electron chi connectivity index (χ3n) is 4.96. The normalized spacial score (nSPS) is 14.4. The van der Waals surface area contributed by atoms with Gasteiger partial charge in [0.25, 0.3) is 0 Å². The number of nitrogens with one attached hydrogen (secondary N) is 2. The van der Waals surface area contributed by atoms with Crippen molar-refractivity contribution in [3.8, 4) is 11.1 Å². The molecule has 2 nitrogen and oxygen atoms in total. The third kappa shape index (κ3) is 1.48. The molecule has 0 fully saturated rings.